The van der Waals surface area contributed by atoms with E-state index in [0.717, 1.165) is 35.6 Å². The molecule has 1 aromatic carbocycles. The minimum atomic E-state index is -0.165. The molecule has 0 spiro atoms. The van der Waals surface area contributed by atoms with Gasteiger partial charge in [-0.25, -0.2) is 0 Å². The van der Waals surface area contributed by atoms with Crippen molar-refractivity contribution < 1.29 is 9.63 Å². The van der Waals surface area contributed by atoms with Gasteiger partial charge in [0, 0.05) is 15.8 Å². The highest BCUT2D eigenvalue weighted by molar-refractivity contribution is 7.98. The van der Waals surface area contributed by atoms with Crippen LogP contribution >= 0.6 is 23.4 Å². The monoisotopic (exact) mass is 324 g/mol. The zero-order valence-corrected chi connectivity index (χ0v) is 13.1. The topological polar surface area (TPSA) is 59.2 Å². The van der Waals surface area contributed by atoms with Gasteiger partial charge in [0.15, 0.2) is 5.82 Å². The number of aliphatic hydroxyl groups excluding tert-OH is 1. The maximum Gasteiger partial charge on any atom is 0.229 e. The molecule has 1 heterocycles. The molecule has 6 heteroatoms. The Hall–Kier alpha value is -1.04. The lowest BCUT2D eigenvalue weighted by molar-refractivity contribution is 0.116. The normalized spacial score (nSPS) is 22.4. The Morgan fingerprint density at radius 1 is 1.29 bits per heavy atom. The average molecular weight is 325 g/mol. The van der Waals surface area contributed by atoms with Crippen LogP contribution in [0.5, 0.6) is 0 Å². The van der Waals surface area contributed by atoms with Crippen molar-refractivity contribution in [2.24, 2.45) is 0 Å². The van der Waals surface area contributed by atoms with Crippen molar-refractivity contribution in [2.45, 2.75) is 48.4 Å². The minimum absolute atomic E-state index is 0.165. The summed E-state index contributed by atoms with van der Waals surface area (Å²) in [5, 5.41) is 14.3. The molecule has 0 amide bonds. The van der Waals surface area contributed by atoms with Crippen LogP contribution < -0.4 is 0 Å². The van der Waals surface area contributed by atoms with E-state index >= 15 is 0 Å². The molecule has 0 bridgehead atoms. The van der Waals surface area contributed by atoms with Crippen molar-refractivity contribution in [3.63, 3.8) is 0 Å². The lowest BCUT2D eigenvalue weighted by Gasteiger charge is -2.22. The van der Waals surface area contributed by atoms with Crippen LogP contribution in [-0.4, -0.2) is 21.4 Å². The fourth-order valence-electron chi connectivity index (χ4n) is 2.52. The highest BCUT2D eigenvalue weighted by Gasteiger charge is 2.25. The summed E-state index contributed by atoms with van der Waals surface area (Å²) in [7, 11) is 0. The van der Waals surface area contributed by atoms with Gasteiger partial charge in [-0.3, -0.25) is 0 Å². The van der Waals surface area contributed by atoms with E-state index < -0.39 is 0 Å². The number of halogens is 1. The minimum Gasteiger partial charge on any atom is -0.393 e. The molecule has 0 unspecified atom stereocenters. The second-order valence-electron chi connectivity index (χ2n) is 5.30. The zero-order valence-electron chi connectivity index (χ0n) is 11.5. The number of nitrogens with zero attached hydrogens (tertiary/aromatic N) is 2. The van der Waals surface area contributed by atoms with Gasteiger partial charge in [-0.15, -0.1) is 11.8 Å². The average Bonchev–Trinajstić information content (AvgIpc) is 2.95. The third kappa shape index (κ3) is 3.99. The van der Waals surface area contributed by atoms with Crippen molar-refractivity contribution >= 4 is 23.4 Å². The SMILES string of the molecule is OC1CCC(c2nc(CSc3cccc(Cl)c3)no2)CC1. The number of thioether (sulfide) groups is 1. The first-order chi connectivity index (χ1) is 10.2. The molecule has 0 saturated heterocycles. The van der Waals surface area contributed by atoms with Crippen LogP contribution in [-0.2, 0) is 5.75 Å². The zero-order chi connectivity index (χ0) is 14.7. The third-order valence-electron chi connectivity index (χ3n) is 3.69. The van der Waals surface area contributed by atoms with Crippen molar-refractivity contribution in [2.75, 3.05) is 0 Å². The molecule has 1 aliphatic rings. The molecule has 2 aromatic rings. The molecule has 112 valence electrons. The van der Waals surface area contributed by atoms with Crippen LogP contribution in [0.15, 0.2) is 33.7 Å². The molecular weight excluding hydrogens is 308 g/mol. The van der Waals surface area contributed by atoms with E-state index in [0.29, 0.717) is 23.4 Å². The van der Waals surface area contributed by atoms with Gasteiger partial charge in [0.05, 0.1) is 11.9 Å². The number of rotatable bonds is 4. The molecule has 1 fully saturated rings. The summed E-state index contributed by atoms with van der Waals surface area (Å²) in [5.41, 5.74) is 0. The maximum atomic E-state index is 9.53. The summed E-state index contributed by atoms with van der Waals surface area (Å²) < 4.78 is 5.37. The van der Waals surface area contributed by atoms with Crippen LogP contribution in [0.4, 0.5) is 0 Å². The predicted molar refractivity (Wildman–Crippen MR) is 82.5 cm³/mol. The Labute approximate surface area is 132 Å². The molecule has 1 aliphatic carbocycles. The largest absolute Gasteiger partial charge is 0.393 e. The summed E-state index contributed by atoms with van der Waals surface area (Å²) in [4.78, 5) is 5.58. The van der Waals surface area contributed by atoms with Crippen LogP contribution in [0.2, 0.25) is 5.02 Å². The highest BCUT2D eigenvalue weighted by atomic mass is 35.5. The van der Waals surface area contributed by atoms with Gasteiger partial charge < -0.3 is 9.63 Å². The van der Waals surface area contributed by atoms with Crippen molar-refractivity contribution in [3.05, 3.63) is 41.0 Å². The van der Waals surface area contributed by atoms with E-state index in [2.05, 4.69) is 10.1 Å². The lowest BCUT2D eigenvalue weighted by Crippen LogP contribution is -2.17. The van der Waals surface area contributed by atoms with Crippen LogP contribution in [0, 0.1) is 0 Å². The first kappa shape index (κ1) is 14.9. The van der Waals surface area contributed by atoms with Gasteiger partial charge in [0.2, 0.25) is 5.89 Å². The number of aliphatic hydroxyl groups is 1. The Morgan fingerprint density at radius 3 is 2.86 bits per heavy atom. The Kier molecular flexibility index (Phi) is 4.83. The van der Waals surface area contributed by atoms with Crippen molar-refractivity contribution in [3.8, 4) is 0 Å². The fourth-order valence-corrected chi connectivity index (χ4v) is 3.57. The van der Waals surface area contributed by atoms with Gasteiger partial charge >= 0.3 is 0 Å². The van der Waals surface area contributed by atoms with Gasteiger partial charge in [-0.1, -0.05) is 22.8 Å². The molecule has 0 aliphatic heterocycles. The number of benzene rings is 1. The number of hydrogen-bond acceptors (Lipinski definition) is 5. The predicted octanol–water partition coefficient (Wildman–Crippen LogP) is 4.03. The Balaban J connectivity index is 1.58. The second kappa shape index (κ2) is 6.81. The summed E-state index contributed by atoms with van der Waals surface area (Å²) in [6, 6.07) is 7.73. The summed E-state index contributed by atoms with van der Waals surface area (Å²) in [6.45, 7) is 0. The third-order valence-corrected chi connectivity index (χ3v) is 4.92. The van der Waals surface area contributed by atoms with Crippen LogP contribution in [0.25, 0.3) is 0 Å². The van der Waals surface area contributed by atoms with E-state index in [9.17, 15) is 5.11 Å². The lowest BCUT2D eigenvalue weighted by atomic mass is 9.87. The van der Waals surface area contributed by atoms with E-state index in [1.807, 2.05) is 24.3 Å². The van der Waals surface area contributed by atoms with Gasteiger partial charge in [-0.05, 0) is 43.9 Å². The maximum absolute atomic E-state index is 9.53. The quantitative estimate of drug-likeness (QED) is 0.860. The van der Waals surface area contributed by atoms with Crippen molar-refractivity contribution in [1.29, 1.82) is 0 Å². The van der Waals surface area contributed by atoms with E-state index in [4.69, 9.17) is 16.1 Å². The Bertz CT molecular complexity index is 597. The summed E-state index contributed by atoms with van der Waals surface area (Å²) in [5.74, 6) is 2.38. The Morgan fingerprint density at radius 2 is 2.10 bits per heavy atom. The number of hydrogen-bond donors (Lipinski definition) is 1. The molecule has 3 rings (SSSR count). The van der Waals surface area contributed by atoms with Gasteiger partial charge in [0.1, 0.15) is 0 Å². The smallest absolute Gasteiger partial charge is 0.229 e. The molecule has 1 saturated carbocycles. The molecule has 21 heavy (non-hydrogen) atoms. The summed E-state index contributed by atoms with van der Waals surface area (Å²) in [6.07, 6.45) is 3.32. The molecule has 0 radical (unpaired) electrons. The standard InChI is InChI=1S/C15H17ClN2O2S/c16-11-2-1-3-13(8-11)21-9-14-17-15(20-18-14)10-4-6-12(19)7-5-10/h1-3,8,10,12,19H,4-7,9H2. The molecule has 1 N–H and O–H groups in total. The second-order valence-corrected chi connectivity index (χ2v) is 6.79. The first-order valence-corrected chi connectivity index (χ1v) is 8.46. The van der Waals surface area contributed by atoms with E-state index in [1.165, 1.54) is 0 Å². The molecule has 1 aromatic heterocycles. The highest BCUT2D eigenvalue weighted by Crippen LogP contribution is 2.32. The van der Waals surface area contributed by atoms with Crippen LogP contribution in [0.1, 0.15) is 43.3 Å². The molecular formula is C15H17ClN2O2S. The van der Waals surface area contributed by atoms with E-state index in [1.54, 1.807) is 11.8 Å². The van der Waals surface area contributed by atoms with Gasteiger partial charge in [0.25, 0.3) is 0 Å². The molecule has 4 nitrogen and oxygen atoms in total. The van der Waals surface area contributed by atoms with Crippen molar-refractivity contribution in [1.82, 2.24) is 10.1 Å². The fraction of sp³-hybridized carbons (Fsp3) is 0.467. The summed E-state index contributed by atoms with van der Waals surface area (Å²) >= 11 is 7.60. The first-order valence-electron chi connectivity index (χ1n) is 7.09. The van der Waals surface area contributed by atoms with E-state index in [-0.39, 0.29) is 6.10 Å². The van der Waals surface area contributed by atoms with Crippen LogP contribution in [0.3, 0.4) is 0 Å². The number of aromatic nitrogens is 2. The van der Waals surface area contributed by atoms with Gasteiger partial charge in [-0.2, -0.15) is 4.98 Å². The molecule has 0 atom stereocenters.